The van der Waals surface area contributed by atoms with E-state index < -0.39 is 0 Å². The normalized spacial score (nSPS) is 15.2. The molecule has 0 aromatic heterocycles. The van der Waals surface area contributed by atoms with Gasteiger partial charge in [0.05, 0.1) is 21.3 Å². The van der Waals surface area contributed by atoms with Crippen molar-refractivity contribution in [3.8, 4) is 17.2 Å². The molecule has 1 heterocycles. The summed E-state index contributed by atoms with van der Waals surface area (Å²) in [5.41, 5.74) is 2.64. The quantitative estimate of drug-likeness (QED) is 0.437. The van der Waals surface area contributed by atoms with Gasteiger partial charge in [0.15, 0.2) is 11.5 Å². The fourth-order valence-electron chi connectivity index (χ4n) is 4.72. The molecule has 0 aliphatic carbocycles. The number of piperidine rings is 1. The lowest BCUT2D eigenvalue weighted by molar-refractivity contribution is 0.0986. The van der Waals surface area contributed by atoms with Crippen LogP contribution in [0, 0.1) is 5.92 Å². The van der Waals surface area contributed by atoms with Crippen molar-refractivity contribution in [3.05, 3.63) is 53.6 Å². The number of nitrogens with zero attached hydrogens (tertiary/aromatic N) is 2. The Labute approximate surface area is 200 Å². The van der Waals surface area contributed by atoms with E-state index in [1.807, 2.05) is 0 Å². The lowest BCUT2D eigenvalue weighted by Gasteiger charge is -2.39. The van der Waals surface area contributed by atoms with Gasteiger partial charge in [-0.15, -0.1) is 0 Å². The Hall–Kier alpha value is -2.24. The summed E-state index contributed by atoms with van der Waals surface area (Å²) in [7, 11) is 5.02. The van der Waals surface area contributed by atoms with Gasteiger partial charge in [0.1, 0.15) is 0 Å². The zero-order chi connectivity index (χ0) is 23.6. The summed E-state index contributed by atoms with van der Waals surface area (Å²) < 4.78 is 16.7. The summed E-state index contributed by atoms with van der Waals surface area (Å²) in [5.74, 6) is 2.81. The van der Waals surface area contributed by atoms with Crippen LogP contribution in [-0.4, -0.2) is 63.4 Å². The maximum atomic E-state index is 5.59. The Morgan fingerprint density at radius 2 is 1.55 bits per heavy atom. The number of hydrogen-bond donors (Lipinski definition) is 0. The molecule has 5 heteroatoms. The van der Waals surface area contributed by atoms with Crippen LogP contribution >= 0.6 is 0 Å². The summed E-state index contributed by atoms with van der Waals surface area (Å²) in [6.07, 6.45) is 4.78. The van der Waals surface area contributed by atoms with Gasteiger partial charge in [-0.05, 0) is 74.5 Å². The van der Waals surface area contributed by atoms with E-state index in [-0.39, 0.29) is 0 Å². The Balaban J connectivity index is 1.64. The summed E-state index contributed by atoms with van der Waals surface area (Å²) in [5, 5.41) is 0. The molecule has 2 aromatic carbocycles. The number of ether oxygens (including phenoxy) is 3. The van der Waals surface area contributed by atoms with Crippen LogP contribution in [-0.2, 0) is 13.0 Å². The van der Waals surface area contributed by atoms with Gasteiger partial charge in [-0.2, -0.15) is 0 Å². The van der Waals surface area contributed by atoms with E-state index in [4.69, 9.17) is 14.2 Å². The molecule has 1 saturated heterocycles. The molecule has 0 radical (unpaired) electrons. The first-order valence-electron chi connectivity index (χ1n) is 12.3. The third-order valence-corrected chi connectivity index (χ3v) is 6.74. The largest absolute Gasteiger partial charge is 0.493 e. The highest BCUT2D eigenvalue weighted by Gasteiger charge is 2.25. The zero-order valence-electron chi connectivity index (χ0n) is 21.2. The molecular weight excluding hydrogens is 412 g/mol. The summed E-state index contributed by atoms with van der Waals surface area (Å²) in [6, 6.07) is 15.6. The van der Waals surface area contributed by atoms with Crippen LogP contribution in [0.3, 0.4) is 0 Å². The second-order valence-electron chi connectivity index (χ2n) is 9.49. The highest BCUT2D eigenvalue weighted by molar-refractivity contribution is 5.53. The van der Waals surface area contributed by atoms with E-state index in [0.29, 0.717) is 17.7 Å². The topological polar surface area (TPSA) is 34.2 Å². The average molecular weight is 455 g/mol. The minimum Gasteiger partial charge on any atom is -0.493 e. The summed E-state index contributed by atoms with van der Waals surface area (Å²) in [4.78, 5) is 5.30. The van der Waals surface area contributed by atoms with Crippen LogP contribution < -0.4 is 14.2 Å². The second-order valence-corrected chi connectivity index (χ2v) is 9.49. The van der Waals surface area contributed by atoms with Gasteiger partial charge >= 0.3 is 0 Å². The van der Waals surface area contributed by atoms with Crippen LogP contribution in [0.5, 0.6) is 17.2 Å². The van der Waals surface area contributed by atoms with Gasteiger partial charge in [-0.3, -0.25) is 4.90 Å². The molecule has 0 N–H and O–H groups in total. The van der Waals surface area contributed by atoms with Gasteiger partial charge in [-0.25, -0.2) is 0 Å². The number of methoxy groups -OCH3 is 3. The Kier molecular flexibility index (Phi) is 9.89. The zero-order valence-corrected chi connectivity index (χ0v) is 21.2. The Morgan fingerprint density at radius 1 is 0.909 bits per heavy atom. The van der Waals surface area contributed by atoms with Crippen molar-refractivity contribution in [2.24, 2.45) is 5.92 Å². The lowest BCUT2D eigenvalue weighted by atomic mass is 10.00. The fraction of sp³-hybridized carbons (Fsp3) is 0.571. The highest BCUT2D eigenvalue weighted by atomic mass is 16.5. The van der Waals surface area contributed by atoms with Crippen LogP contribution in [0.15, 0.2) is 42.5 Å². The van der Waals surface area contributed by atoms with Crippen molar-refractivity contribution in [2.75, 3.05) is 47.5 Å². The number of benzene rings is 2. The molecule has 0 unspecified atom stereocenters. The van der Waals surface area contributed by atoms with E-state index in [2.05, 4.69) is 66.1 Å². The minimum absolute atomic E-state index is 0.607. The lowest BCUT2D eigenvalue weighted by Crippen LogP contribution is -2.45. The van der Waals surface area contributed by atoms with Gasteiger partial charge in [0.25, 0.3) is 0 Å². The predicted molar refractivity (Wildman–Crippen MR) is 136 cm³/mol. The molecule has 0 amide bonds. The number of rotatable bonds is 12. The third kappa shape index (κ3) is 7.38. The van der Waals surface area contributed by atoms with Crippen molar-refractivity contribution >= 4 is 0 Å². The molecule has 0 bridgehead atoms. The van der Waals surface area contributed by atoms with E-state index in [1.165, 1.54) is 43.5 Å². The molecule has 0 spiro atoms. The van der Waals surface area contributed by atoms with E-state index in [9.17, 15) is 0 Å². The van der Waals surface area contributed by atoms with E-state index in [0.717, 1.165) is 37.6 Å². The number of hydrogen-bond acceptors (Lipinski definition) is 5. The Morgan fingerprint density at radius 3 is 2.09 bits per heavy atom. The molecule has 2 aromatic rings. The molecule has 5 nitrogen and oxygen atoms in total. The molecule has 1 aliphatic heterocycles. The maximum Gasteiger partial charge on any atom is 0.203 e. The van der Waals surface area contributed by atoms with Crippen LogP contribution in [0.25, 0.3) is 0 Å². The van der Waals surface area contributed by atoms with Gasteiger partial charge in [0, 0.05) is 19.1 Å². The smallest absolute Gasteiger partial charge is 0.203 e. The summed E-state index contributed by atoms with van der Waals surface area (Å²) >= 11 is 0. The van der Waals surface area contributed by atoms with Crippen molar-refractivity contribution in [1.82, 2.24) is 9.80 Å². The molecule has 182 valence electrons. The molecular formula is C28H42N2O3. The molecule has 1 fully saturated rings. The second kappa shape index (κ2) is 12.9. The monoisotopic (exact) mass is 454 g/mol. The molecule has 3 rings (SSSR count). The first kappa shape index (κ1) is 25.4. The Bertz CT molecular complexity index is 807. The van der Waals surface area contributed by atoms with Crippen LogP contribution in [0.1, 0.15) is 44.2 Å². The van der Waals surface area contributed by atoms with Gasteiger partial charge < -0.3 is 19.1 Å². The minimum atomic E-state index is 0.607. The first-order valence-corrected chi connectivity index (χ1v) is 12.3. The SMILES string of the molecule is COc1cc(CN(CCC(C)C)C2CCN(CCc3ccccc3)CC2)cc(OC)c1OC. The number of likely N-dealkylation sites (tertiary alicyclic amines) is 1. The van der Waals surface area contributed by atoms with E-state index >= 15 is 0 Å². The van der Waals surface area contributed by atoms with E-state index in [1.54, 1.807) is 21.3 Å². The van der Waals surface area contributed by atoms with Crippen molar-refractivity contribution in [3.63, 3.8) is 0 Å². The third-order valence-electron chi connectivity index (χ3n) is 6.74. The fourth-order valence-corrected chi connectivity index (χ4v) is 4.72. The average Bonchev–Trinajstić information content (AvgIpc) is 2.85. The van der Waals surface area contributed by atoms with Crippen LogP contribution in [0.2, 0.25) is 0 Å². The van der Waals surface area contributed by atoms with Crippen molar-refractivity contribution in [1.29, 1.82) is 0 Å². The molecule has 0 atom stereocenters. The maximum absolute atomic E-state index is 5.59. The summed E-state index contributed by atoms with van der Waals surface area (Å²) in [6.45, 7) is 10.1. The molecule has 33 heavy (non-hydrogen) atoms. The van der Waals surface area contributed by atoms with Gasteiger partial charge in [-0.1, -0.05) is 44.2 Å². The van der Waals surface area contributed by atoms with Crippen molar-refractivity contribution in [2.45, 2.75) is 52.1 Å². The van der Waals surface area contributed by atoms with Crippen molar-refractivity contribution < 1.29 is 14.2 Å². The van der Waals surface area contributed by atoms with Crippen LogP contribution in [0.4, 0.5) is 0 Å². The van der Waals surface area contributed by atoms with Gasteiger partial charge in [0.2, 0.25) is 5.75 Å². The standard InChI is InChI=1S/C28H42N2O3/c1-22(2)11-18-30(21-24-19-26(31-3)28(33-5)27(20-24)32-4)25-13-16-29(17-14-25)15-12-23-9-7-6-8-10-23/h6-10,19-20,22,25H,11-18,21H2,1-5H3. The first-order chi connectivity index (χ1) is 16.0. The predicted octanol–water partition coefficient (Wildman–Crippen LogP) is 5.27. The molecule has 1 aliphatic rings. The highest BCUT2D eigenvalue weighted by Crippen LogP contribution is 2.38. The molecule has 0 saturated carbocycles.